The van der Waals surface area contributed by atoms with Crippen molar-refractivity contribution < 1.29 is 8.42 Å². The summed E-state index contributed by atoms with van der Waals surface area (Å²) in [5, 5.41) is 0.363. The molecule has 0 spiro atoms. The van der Waals surface area contributed by atoms with Crippen LogP contribution in [0.3, 0.4) is 0 Å². The molecule has 2 rings (SSSR count). The van der Waals surface area contributed by atoms with Crippen LogP contribution in [0.1, 0.15) is 10.4 Å². The van der Waals surface area contributed by atoms with Gasteiger partial charge >= 0.3 is 0 Å². The van der Waals surface area contributed by atoms with Gasteiger partial charge in [-0.1, -0.05) is 17.7 Å². The molecular formula is C13H14BrClN2O2S2. The van der Waals surface area contributed by atoms with Crippen LogP contribution in [0.2, 0.25) is 5.02 Å². The third-order valence-corrected chi connectivity index (χ3v) is 6.34. The van der Waals surface area contributed by atoms with E-state index in [1.165, 1.54) is 12.1 Å². The molecule has 0 saturated heterocycles. The highest BCUT2D eigenvalue weighted by molar-refractivity contribution is 9.11. The fraction of sp³-hybridized carbons (Fsp3) is 0.231. The lowest BCUT2D eigenvalue weighted by atomic mass is 10.2. The Morgan fingerprint density at radius 2 is 2.05 bits per heavy atom. The van der Waals surface area contributed by atoms with Crippen LogP contribution in [-0.2, 0) is 23.0 Å². The summed E-state index contributed by atoms with van der Waals surface area (Å²) in [4.78, 5) is 1.26. The minimum atomic E-state index is -3.55. The smallest absolute Gasteiger partial charge is 0.240 e. The van der Waals surface area contributed by atoms with Crippen LogP contribution in [0.25, 0.3) is 0 Å². The summed E-state index contributed by atoms with van der Waals surface area (Å²) in [6.45, 7) is 0.616. The van der Waals surface area contributed by atoms with Gasteiger partial charge in [0.25, 0.3) is 0 Å². The van der Waals surface area contributed by atoms with Crippen molar-refractivity contribution in [1.29, 1.82) is 0 Å². The predicted molar refractivity (Wildman–Crippen MR) is 90.3 cm³/mol. The molecule has 1 heterocycles. The molecule has 0 aliphatic rings. The van der Waals surface area contributed by atoms with Crippen molar-refractivity contribution in [2.45, 2.75) is 17.9 Å². The molecule has 2 aromatic rings. The molecule has 0 unspecified atom stereocenters. The van der Waals surface area contributed by atoms with E-state index in [0.717, 1.165) is 14.2 Å². The molecule has 0 fully saturated rings. The zero-order valence-corrected chi connectivity index (χ0v) is 14.9. The highest BCUT2D eigenvalue weighted by Crippen LogP contribution is 2.23. The minimum Gasteiger partial charge on any atom is -0.326 e. The fourth-order valence-electron chi connectivity index (χ4n) is 1.74. The molecular weight excluding hydrogens is 396 g/mol. The molecule has 0 aliphatic carbocycles. The second kappa shape index (κ2) is 7.21. The van der Waals surface area contributed by atoms with Crippen molar-refractivity contribution in [2.75, 3.05) is 6.54 Å². The van der Waals surface area contributed by atoms with Gasteiger partial charge in [-0.15, -0.1) is 11.3 Å². The first kappa shape index (κ1) is 16.9. The first-order valence-electron chi connectivity index (χ1n) is 6.15. The van der Waals surface area contributed by atoms with Crippen LogP contribution in [0, 0.1) is 0 Å². The van der Waals surface area contributed by atoms with E-state index in [2.05, 4.69) is 20.7 Å². The number of nitrogens with one attached hydrogen (secondary N) is 1. The SMILES string of the molecule is NCc1ccc(S(=O)(=O)NCCc2ccc(Br)s2)cc1Cl. The van der Waals surface area contributed by atoms with Crippen molar-refractivity contribution in [3.63, 3.8) is 0 Å². The van der Waals surface area contributed by atoms with Gasteiger partial charge in [0.05, 0.1) is 8.68 Å². The maximum atomic E-state index is 12.2. The Labute approximate surface area is 141 Å². The lowest BCUT2D eigenvalue weighted by Gasteiger charge is -2.08. The van der Waals surface area contributed by atoms with E-state index in [1.54, 1.807) is 17.4 Å². The van der Waals surface area contributed by atoms with Crippen LogP contribution >= 0.6 is 38.9 Å². The van der Waals surface area contributed by atoms with Crippen molar-refractivity contribution in [3.8, 4) is 0 Å². The lowest BCUT2D eigenvalue weighted by molar-refractivity contribution is 0.582. The number of halogens is 2. The molecule has 8 heteroatoms. The number of nitrogens with two attached hydrogens (primary N) is 1. The molecule has 4 nitrogen and oxygen atoms in total. The molecule has 0 bridgehead atoms. The van der Waals surface area contributed by atoms with Crippen LogP contribution in [0.15, 0.2) is 39.0 Å². The zero-order chi connectivity index (χ0) is 15.5. The summed E-state index contributed by atoms with van der Waals surface area (Å²) in [5.74, 6) is 0. The van der Waals surface area contributed by atoms with Gasteiger partial charge in [0.1, 0.15) is 0 Å². The molecule has 1 aromatic heterocycles. The summed E-state index contributed by atoms with van der Waals surface area (Å²) in [6.07, 6.45) is 0.643. The summed E-state index contributed by atoms with van der Waals surface area (Å²) in [5.41, 5.74) is 6.23. The van der Waals surface area contributed by atoms with E-state index >= 15 is 0 Å². The Bertz CT molecular complexity index is 732. The number of hydrogen-bond acceptors (Lipinski definition) is 4. The first-order valence-corrected chi connectivity index (χ1v) is 9.62. The number of benzene rings is 1. The monoisotopic (exact) mass is 408 g/mol. The van der Waals surface area contributed by atoms with E-state index < -0.39 is 10.0 Å². The van der Waals surface area contributed by atoms with Crippen LogP contribution < -0.4 is 10.5 Å². The fourth-order valence-corrected chi connectivity index (χ4v) is 4.60. The number of rotatable bonds is 6. The molecule has 0 aliphatic heterocycles. The largest absolute Gasteiger partial charge is 0.326 e. The standard InChI is InChI=1S/C13H14BrClN2O2S2/c14-13-4-2-10(20-13)5-6-17-21(18,19)11-3-1-9(8-16)12(15)7-11/h1-4,7,17H,5-6,8,16H2. The van der Waals surface area contributed by atoms with E-state index in [1.807, 2.05) is 12.1 Å². The van der Waals surface area contributed by atoms with E-state index in [4.69, 9.17) is 17.3 Å². The predicted octanol–water partition coefficient (Wildman–Crippen LogP) is 3.14. The Morgan fingerprint density at radius 3 is 2.62 bits per heavy atom. The molecule has 0 radical (unpaired) electrons. The summed E-state index contributed by atoms with van der Waals surface area (Å²) < 4.78 is 27.9. The first-order chi connectivity index (χ1) is 9.92. The average Bonchev–Trinajstić information content (AvgIpc) is 2.84. The normalized spacial score (nSPS) is 11.8. The number of hydrogen-bond donors (Lipinski definition) is 2. The number of thiophene rings is 1. The summed E-state index contributed by atoms with van der Waals surface area (Å²) in [6, 6.07) is 8.48. The molecule has 0 saturated carbocycles. The maximum Gasteiger partial charge on any atom is 0.240 e. The molecule has 3 N–H and O–H groups in total. The topological polar surface area (TPSA) is 72.2 Å². The van der Waals surface area contributed by atoms with Crippen LogP contribution in [-0.4, -0.2) is 15.0 Å². The van der Waals surface area contributed by atoms with Crippen molar-refractivity contribution >= 4 is 48.9 Å². The molecule has 0 amide bonds. The Kier molecular flexibility index (Phi) is 5.81. The van der Waals surface area contributed by atoms with Gasteiger partial charge < -0.3 is 5.73 Å². The van der Waals surface area contributed by atoms with E-state index in [0.29, 0.717) is 18.0 Å². The Hall–Kier alpha value is -0.440. The molecule has 21 heavy (non-hydrogen) atoms. The van der Waals surface area contributed by atoms with Gasteiger partial charge in [0.15, 0.2) is 0 Å². The van der Waals surface area contributed by atoms with Gasteiger partial charge in [-0.05, 0) is 52.2 Å². The van der Waals surface area contributed by atoms with Gasteiger partial charge in [-0.2, -0.15) is 0 Å². The van der Waals surface area contributed by atoms with Gasteiger partial charge in [-0.25, -0.2) is 13.1 Å². The van der Waals surface area contributed by atoms with E-state index in [9.17, 15) is 8.42 Å². The quantitative estimate of drug-likeness (QED) is 0.770. The summed E-state index contributed by atoms with van der Waals surface area (Å²) >= 11 is 11.0. The number of sulfonamides is 1. The Balaban J connectivity index is 2.02. The molecule has 1 aromatic carbocycles. The maximum absolute atomic E-state index is 12.2. The lowest BCUT2D eigenvalue weighted by Crippen LogP contribution is -2.25. The Morgan fingerprint density at radius 1 is 1.29 bits per heavy atom. The average molecular weight is 410 g/mol. The van der Waals surface area contributed by atoms with Gasteiger partial charge in [-0.3, -0.25) is 0 Å². The van der Waals surface area contributed by atoms with Crippen molar-refractivity contribution in [2.24, 2.45) is 5.73 Å². The van der Waals surface area contributed by atoms with E-state index in [-0.39, 0.29) is 11.4 Å². The van der Waals surface area contributed by atoms with Crippen molar-refractivity contribution in [3.05, 3.63) is 49.6 Å². The third-order valence-electron chi connectivity index (χ3n) is 2.85. The third kappa shape index (κ3) is 4.51. The summed E-state index contributed by atoms with van der Waals surface area (Å²) in [7, 11) is -3.55. The second-order valence-electron chi connectivity index (χ2n) is 4.31. The highest BCUT2D eigenvalue weighted by Gasteiger charge is 2.15. The van der Waals surface area contributed by atoms with Crippen LogP contribution in [0.5, 0.6) is 0 Å². The highest BCUT2D eigenvalue weighted by atomic mass is 79.9. The second-order valence-corrected chi connectivity index (χ2v) is 9.03. The van der Waals surface area contributed by atoms with Gasteiger partial charge in [0.2, 0.25) is 10.0 Å². The molecule has 114 valence electrons. The zero-order valence-electron chi connectivity index (χ0n) is 11.0. The van der Waals surface area contributed by atoms with Gasteiger partial charge in [0, 0.05) is 23.0 Å². The minimum absolute atomic E-state index is 0.150. The van der Waals surface area contributed by atoms with Crippen molar-refractivity contribution in [1.82, 2.24) is 4.72 Å². The molecule has 0 atom stereocenters. The van der Waals surface area contributed by atoms with Crippen LogP contribution in [0.4, 0.5) is 0 Å².